The summed E-state index contributed by atoms with van der Waals surface area (Å²) in [6.07, 6.45) is -3.94. The number of carbonyl (C=O) groups is 1. The molecule has 35 heavy (non-hydrogen) atoms. The Morgan fingerprint density at radius 1 is 1.03 bits per heavy atom. The van der Waals surface area contributed by atoms with Gasteiger partial charge in [0.05, 0.1) is 18.4 Å². The van der Waals surface area contributed by atoms with Crippen LogP contribution in [0.3, 0.4) is 0 Å². The summed E-state index contributed by atoms with van der Waals surface area (Å²) in [6, 6.07) is 6.69. The third-order valence-electron chi connectivity index (χ3n) is 5.85. The highest BCUT2D eigenvalue weighted by Crippen LogP contribution is 2.32. The number of amides is 1. The van der Waals surface area contributed by atoms with Crippen molar-refractivity contribution >= 4 is 21.6 Å². The van der Waals surface area contributed by atoms with E-state index in [1.54, 1.807) is 0 Å². The molecule has 0 spiro atoms. The van der Waals surface area contributed by atoms with Crippen molar-refractivity contribution in [3.8, 4) is 5.75 Å². The van der Waals surface area contributed by atoms with Gasteiger partial charge in [-0.15, -0.1) is 0 Å². The van der Waals surface area contributed by atoms with Crippen molar-refractivity contribution in [2.24, 2.45) is 0 Å². The smallest absolute Gasteiger partial charge is 0.416 e. The second-order valence-corrected chi connectivity index (χ2v) is 10.5. The Morgan fingerprint density at radius 3 is 2.14 bits per heavy atom. The van der Waals surface area contributed by atoms with Crippen LogP contribution >= 0.6 is 0 Å². The second-order valence-electron chi connectivity index (χ2n) is 8.51. The summed E-state index contributed by atoms with van der Waals surface area (Å²) < 4.78 is 96.9. The van der Waals surface area contributed by atoms with E-state index in [-0.39, 0.29) is 18.8 Å². The largest absolute Gasteiger partial charge is 0.482 e. The summed E-state index contributed by atoms with van der Waals surface area (Å²) in [5.41, 5.74) is -0.110. The van der Waals surface area contributed by atoms with E-state index in [1.165, 1.54) is 12.1 Å². The highest BCUT2D eigenvalue weighted by Gasteiger charge is 2.34. The zero-order valence-electron chi connectivity index (χ0n) is 18.6. The topological polar surface area (TPSA) is 70.2 Å². The second kappa shape index (κ2) is 9.36. The molecule has 2 aliphatic rings. The Balaban J connectivity index is 1.34. The summed E-state index contributed by atoms with van der Waals surface area (Å²) in [4.78, 5) is 15.3. The minimum Gasteiger partial charge on any atom is -0.482 e. The number of sulfonamides is 1. The molecule has 0 bridgehead atoms. The molecule has 7 nitrogen and oxygen atoms in total. The molecule has 2 fully saturated rings. The van der Waals surface area contributed by atoms with Crippen LogP contribution in [0.5, 0.6) is 5.75 Å². The first-order valence-corrected chi connectivity index (χ1v) is 12.5. The molecule has 0 N–H and O–H groups in total. The number of anilines is 1. The maximum atomic E-state index is 14.6. The first-order chi connectivity index (χ1) is 16.3. The Labute approximate surface area is 198 Å². The van der Waals surface area contributed by atoms with E-state index >= 15 is 0 Å². The van der Waals surface area contributed by atoms with Gasteiger partial charge in [-0.05, 0) is 17.7 Å². The minimum atomic E-state index is -4.41. The molecule has 2 aliphatic heterocycles. The van der Waals surface area contributed by atoms with Crippen molar-refractivity contribution in [2.45, 2.75) is 18.8 Å². The van der Waals surface area contributed by atoms with Crippen LogP contribution in [-0.2, 0) is 27.5 Å². The van der Waals surface area contributed by atoms with Crippen molar-refractivity contribution in [1.29, 1.82) is 0 Å². The summed E-state index contributed by atoms with van der Waals surface area (Å²) in [5, 5.41) is 0. The van der Waals surface area contributed by atoms with E-state index in [4.69, 9.17) is 4.74 Å². The molecule has 0 aromatic heterocycles. The fourth-order valence-electron chi connectivity index (χ4n) is 3.97. The van der Waals surface area contributed by atoms with Gasteiger partial charge in [0.15, 0.2) is 17.4 Å². The third-order valence-corrected chi connectivity index (χ3v) is 7.09. The maximum absolute atomic E-state index is 14.6. The monoisotopic (exact) mass is 519 g/mol. The van der Waals surface area contributed by atoms with E-state index in [9.17, 15) is 35.2 Å². The van der Waals surface area contributed by atoms with Crippen LogP contribution in [0.25, 0.3) is 0 Å². The van der Waals surface area contributed by atoms with Crippen LogP contribution in [0.1, 0.15) is 11.1 Å². The van der Waals surface area contributed by atoms with E-state index in [0.717, 1.165) is 39.7 Å². The van der Waals surface area contributed by atoms with Gasteiger partial charge in [0.2, 0.25) is 15.9 Å². The number of halogens is 5. The Hall–Kier alpha value is -2.77. The zero-order valence-corrected chi connectivity index (χ0v) is 19.4. The van der Waals surface area contributed by atoms with Gasteiger partial charge < -0.3 is 9.64 Å². The molecule has 0 atom stereocenters. The molecule has 13 heteroatoms. The number of alkyl halides is 3. The van der Waals surface area contributed by atoms with Gasteiger partial charge in [0.1, 0.15) is 6.10 Å². The lowest BCUT2D eigenvalue weighted by Crippen LogP contribution is -2.53. The Bertz CT molecular complexity index is 1190. The zero-order chi connectivity index (χ0) is 25.5. The van der Waals surface area contributed by atoms with Crippen LogP contribution in [0.2, 0.25) is 0 Å². The third kappa shape index (κ3) is 5.73. The first-order valence-electron chi connectivity index (χ1n) is 10.6. The first kappa shape index (κ1) is 25.3. The number of rotatable bonds is 6. The molecule has 2 aromatic carbocycles. The predicted octanol–water partition coefficient (Wildman–Crippen LogP) is 2.86. The van der Waals surface area contributed by atoms with Gasteiger partial charge in [-0.25, -0.2) is 17.2 Å². The van der Waals surface area contributed by atoms with Crippen molar-refractivity contribution < 1.29 is 39.9 Å². The summed E-state index contributed by atoms with van der Waals surface area (Å²) >= 11 is 0. The summed E-state index contributed by atoms with van der Waals surface area (Å²) in [7, 11) is -3.56. The number of nitrogens with zero attached hydrogens (tertiary/aromatic N) is 3. The van der Waals surface area contributed by atoms with Gasteiger partial charge >= 0.3 is 6.18 Å². The number of benzene rings is 2. The lowest BCUT2D eigenvalue weighted by molar-refractivity contribution is -0.137. The van der Waals surface area contributed by atoms with Crippen LogP contribution in [0.15, 0.2) is 36.4 Å². The highest BCUT2D eigenvalue weighted by atomic mass is 32.2. The van der Waals surface area contributed by atoms with Gasteiger partial charge in [-0.1, -0.05) is 12.1 Å². The average Bonchev–Trinajstić information content (AvgIpc) is 2.73. The standard InChI is InChI=1S/C22H22F5N3O4S/c1-35(32,33)29-6-7-30(20(31)13-29)16-8-18(23)21(19(24)9-16)34-17-11-28(12-17)10-14-2-4-15(5-3-14)22(25,26)27/h2-5,8-9,17H,6-7,10-13H2,1H3. The molecule has 2 heterocycles. The van der Waals surface area contributed by atoms with Crippen molar-refractivity contribution in [2.75, 3.05) is 43.9 Å². The van der Waals surface area contributed by atoms with Crippen LogP contribution in [0, 0.1) is 11.6 Å². The number of hydrogen-bond acceptors (Lipinski definition) is 5. The lowest BCUT2D eigenvalue weighted by atomic mass is 10.1. The molecule has 0 saturated carbocycles. The molecule has 2 aromatic rings. The lowest BCUT2D eigenvalue weighted by Gasteiger charge is -2.39. The number of ether oxygens (including phenoxy) is 1. The number of piperazine rings is 1. The van der Waals surface area contributed by atoms with Gasteiger partial charge in [0, 0.05) is 50.5 Å². The van der Waals surface area contributed by atoms with Gasteiger partial charge in [-0.3, -0.25) is 9.69 Å². The number of carbonyl (C=O) groups excluding carboxylic acids is 1. The predicted molar refractivity (Wildman–Crippen MR) is 116 cm³/mol. The SMILES string of the molecule is CS(=O)(=O)N1CCN(c2cc(F)c(OC3CN(Cc4ccc(C(F)(F)F)cc4)C3)c(F)c2)C(=O)C1. The molecule has 2 saturated heterocycles. The quantitative estimate of drug-likeness (QED) is 0.550. The average molecular weight is 519 g/mol. The molecule has 0 radical (unpaired) electrons. The van der Waals surface area contributed by atoms with Crippen LogP contribution < -0.4 is 9.64 Å². The Morgan fingerprint density at radius 2 is 1.63 bits per heavy atom. The minimum absolute atomic E-state index is 0.00288. The fraction of sp³-hybridized carbons (Fsp3) is 0.409. The summed E-state index contributed by atoms with van der Waals surface area (Å²) in [5.74, 6) is -3.19. The molecule has 190 valence electrons. The van der Waals surface area contributed by atoms with Gasteiger partial charge in [-0.2, -0.15) is 17.5 Å². The maximum Gasteiger partial charge on any atom is 0.416 e. The van der Waals surface area contributed by atoms with E-state index in [1.807, 2.05) is 4.90 Å². The number of likely N-dealkylation sites (tertiary alicyclic amines) is 1. The molecule has 4 rings (SSSR count). The Kier molecular flexibility index (Phi) is 6.77. The highest BCUT2D eigenvalue weighted by molar-refractivity contribution is 7.88. The number of hydrogen-bond donors (Lipinski definition) is 0. The molecule has 1 amide bonds. The van der Waals surface area contributed by atoms with Crippen molar-refractivity contribution in [3.63, 3.8) is 0 Å². The summed E-state index contributed by atoms with van der Waals surface area (Å²) in [6.45, 7) is 0.553. The molecule has 0 aliphatic carbocycles. The van der Waals surface area contributed by atoms with E-state index in [0.29, 0.717) is 25.2 Å². The van der Waals surface area contributed by atoms with Gasteiger partial charge in [0.25, 0.3) is 0 Å². The normalized spacial score (nSPS) is 18.6. The van der Waals surface area contributed by atoms with Crippen LogP contribution in [0.4, 0.5) is 27.6 Å². The van der Waals surface area contributed by atoms with Crippen molar-refractivity contribution in [3.05, 3.63) is 59.2 Å². The fourth-order valence-corrected chi connectivity index (χ4v) is 4.73. The van der Waals surface area contributed by atoms with E-state index in [2.05, 4.69) is 0 Å². The molecule has 0 unspecified atom stereocenters. The molecular formula is C22H22F5N3O4S. The molecular weight excluding hydrogens is 497 g/mol. The van der Waals surface area contributed by atoms with Crippen LogP contribution in [-0.4, -0.2) is 68.6 Å². The van der Waals surface area contributed by atoms with E-state index < -0.39 is 57.7 Å². The van der Waals surface area contributed by atoms with Crippen molar-refractivity contribution in [1.82, 2.24) is 9.21 Å².